The van der Waals surface area contributed by atoms with Gasteiger partial charge in [-0.1, -0.05) is 78.9 Å². The van der Waals surface area contributed by atoms with Crippen LogP contribution < -0.4 is 19.1 Å². The molecule has 1 aliphatic rings. The molecule has 0 fully saturated rings. The van der Waals surface area contributed by atoms with Crippen molar-refractivity contribution >= 4 is 5.69 Å². The highest BCUT2D eigenvalue weighted by atomic mass is 16.5. The SMILES string of the molecule is C=CCN1c2ccc(OCc3ccccc3)cc2OCC1c1ccc(OCc2ccccc2)cc1. The molecule has 35 heavy (non-hydrogen) atoms. The van der Waals surface area contributed by atoms with Crippen molar-refractivity contribution in [2.24, 2.45) is 0 Å². The number of anilines is 1. The Morgan fingerprint density at radius 1 is 0.771 bits per heavy atom. The van der Waals surface area contributed by atoms with E-state index in [1.165, 1.54) is 5.56 Å². The van der Waals surface area contributed by atoms with Gasteiger partial charge in [-0.05, 0) is 41.0 Å². The van der Waals surface area contributed by atoms with E-state index >= 15 is 0 Å². The first-order valence-electron chi connectivity index (χ1n) is 11.9. The van der Waals surface area contributed by atoms with Crippen LogP contribution >= 0.6 is 0 Å². The molecule has 0 saturated heterocycles. The molecule has 1 heterocycles. The maximum absolute atomic E-state index is 6.21. The van der Waals surface area contributed by atoms with Crippen molar-refractivity contribution in [3.63, 3.8) is 0 Å². The van der Waals surface area contributed by atoms with Crippen LogP contribution in [0.3, 0.4) is 0 Å². The molecule has 0 amide bonds. The molecule has 0 bridgehead atoms. The Balaban J connectivity index is 1.28. The van der Waals surface area contributed by atoms with Gasteiger partial charge >= 0.3 is 0 Å². The number of hydrogen-bond donors (Lipinski definition) is 0. The molecule has 1 aliphatic heterocycles. The molecule has 0 aromatic heterocycles. The molecule has 176 valence electrons. The number of rotatable bonds is 9. The minimum absolute atomic E-state index is 0.0831. The van der Waals surface area contributed by atoms with E-state index in [-0.39, 0.29) is 6.04 Å². The zero-order chi connectivity index (χ0) is 23.9. The van der Waals surface area contributed by atoms with Gasteiger partial charge in [0.1, 0.15) is 37.1 Å². The number of benzene rings is 4. The van der Waals surface area contributed by atoms with E-state index in [0.29, 0.717) is 19.8 Å². The summed E-state index contributed by atoms with van der Waals surface area (Å²) in [5, 5.41) is 0. The zero-order valence-corrected chi connectivity index (χ0v) is 19.7. The van der Waals surface area contributed by atoms with Crippen LogP contribution in [0, 0.1) is 0 Å². The first-order valence-corrected chi connectivity index (χ1v) is 11.9. The first kappa shape index (κ1) is 22.6. The molecule has 1 atom stereocenters. The largest absolute Gasteiger partial charge is 0.489 e. The molecule has 0 spiro atoms. The van der Waals surface area contributed by atoms with Gasteiger partial charge in [0.2, 0.25) is 0 Å². The maximum Gasteiger partial charge on any atom is 0.146 e. The summed E-state index contributed by atoms with van der Waals surface area (Å²) in [6, 6.07) is 34.8. The second kappa shape index (κ2) is 10.8. The van der Waals surface area contributed by atoms with E-state index in [0.717, 1.165) is 40.6 Å². The van der Waals surface area contributed by atoms with Crippen LogP contribution in [-0.4, -0.2) is 13.2 Å². The summed E-state index contributed by atoms with van der Waals surface area (Å²) in [5.74, 6) is 2.48. The summed E-state index contributed by atoms with van der Waals surface area (Å²) in [7, 11) is 0. The molecular formula is C31H29NO3. The standard InChI is InChI=1S/C31H29NO3/c1-2-19-32-29-18-17-28(34-22-25-11-7-4-8-12-25)20-31(29)35-23-30(32)26-13-15-27(16-14-26)33-21-24-9-5-3-6-10-24/h2-18,20,30H,1,19,21-23H2. The van der Waals surface area contributed by atoms with Crippen molar-refractivity contribution in [3.8, 4) is 17.2 Å². The first-order chi connectivity index (χ1) is 17.3. The van der Waals surface area contributed by atoms with Crippen LogP contribution in [0.1, 0.15) is 22.7 Å². The average Bonchev–Trinajstić information content (AvgIpc) is 2.92. The Hall–Kier alpha value is -4.18. The fraction of sp³-hybridized carbons (Fsp3) is 0.161. The Labute approximate surface area is 207 Å². The summed E-state index contributed by atoms with van der Waals surface area (Å²) in [4.78, 5) is 2.33. The summed E-state index contributed by atoms with van der Waals surface area (Å²) >= 11 is 0. The van der Waals surface area contributed by atoms with E-state index in [4.69, 9.17) is 14.2 Å². The molecule has 0 aliphatic carbocycles. The predicted octanol–water partition coefficient (Wildman–Crippen LogP) is 6.97. The maximum atomic E-state index is 6.21. The summed E-state index contributed by atoms with van der Waals surface area (Å²) < 4.78 is 18.2. The molecule has 0 N–H and O–H groups in total. The second-order valence-corrected chi connectivity index (χ2v) is 8.51. The number of ether oxygens (including phenoxy) is 3. The van der Waals surface area contributed by atoms with Gasteiger partial charge in [-0.25, -0.2) is 0 Å². The Bertz CT molecular complexity index is 1240. The third kappa shape index (κ3) is 5.49. The highest BCUT2D eigenvalue weighted by Crippen LogP contribution is 2.41. The van der Waals surface area contributed by atoms with Gasteiger partial charge < -0.3 is 19.1 Å². The van der Waals surface area contributed by atoms with Gasteiger partial charge in [-0.15, -0.1) is 6.58 Å². The minimum atomic E-state index is 0.0831. The number of fused-ring (bicyclic) bond motifs is 1. The molecule has 4 aromatic rings. The van der Waals surface area contributed by atoms with Crippen molar-refractivity contribution in [3.05, 3.63) is 132 Å². The highest BCUT2D eigenvalue weighted by molar-refractivity contribution is 5.64. The van der Waals surface area contributed by atoms with Crippen molar-refractivity contribution in [1.29, 1.82) is 0 Å². The quantitative estimate of drug-likeness (QED) is 0.251. The third-order valence-corrected chi connectivity index (χ3v) is 6.10. The van der Waals surface area contributed by atoms with Crippen LogP contribution in [0.5, 0.6) is 17.2 Å². The normalized spacial score (nSPS) is 14.5. The van der Waals surface area contributed by atoms with E-state index in [9.17, 15) is 0 Å². The van der Waals surface area contributed by atoms with Crippen LogP contribution in [0.2, 0.25) is 0 Å². The molecule has 4 nitrogen and oxygen atoms in total. The molecule has 0 saturated carbocycles. The monoisotopic (exact) mass is 463 g/mol. The fourth-order valence-corrected chi connectivity index (χ4v) is 4.27. The molecule has 4 heteroatoms. The Morgan fingerprint density at radius 2 is 1.37 bits per heavy atom. The summed E-state index contributed by atoms with van der Waals surface area (Å²) in [5.41, 5.74) is 4.50. The van der Waals surface area contributed by atoms with Gasteiger partial charge in [0.05, 0.1) is 11.7 Å². The van der Waals surface area contributed by atoms with E-state index in [1.807, 2.05) is 66.7 Å². The van der Waals surface area contributed by atoms with Gasteiger partial charge in [0.15, 0.2) is 0 Å². The lowest BCUT2D eigenvalue weighted by Gasteiger charge is -2.38. The van der Waals surface area contributed by atoms with Crippen LogP contribution in [0.4, 0.5) is 5.69 Å². The van der Waals surface area contributed by atoms with Crippen LogP contribution in [0.15, 0.2) is 116 Å². The van der Waals surface area contributed by atoms with Crippen molar-refractivity contribution in [2.75, 3.05) is 18.1 Å². The molecule has 5 rings (SSSR count). The fourth-order valence-electron chi connectivity index (χ4n) is 4.27. The molecule has 0 radical (unpaired) electrons. The second-order valence-electron chi connectivity index (χ2n) is 8.51. The van der Waals surface area contributed by atoms with Crippen LogP contribution in [0.25, 0.3) is 0 Å². The molecule has 1 unspecified atom stereocenters. The van der Waals surface area contributed by atoms with E-state index in [1.54, 1.807) is 0 Å². The Morgan fingerprint density at radius 3 is 2.00 bits per heavy atom. The predicted molar refractivity (Wildman–Crippen MR) is 140 cm³/mol. The lowest BCUT2D eigenvalue weighted by Crippen LogP contribution is -2.36. The zero-order valence-electron chi connectivity index (χ0n) is 19.7. The van der Waals surface area contributed by atoms with Gasteiger partial charge in [-0.3, -0.25) is 0 Å². The highest BCUT2D eigenvalue weighted by Gasteiger charge is 2.28. The van der Waals surface area contributed by atoms with Gasteiger partial charge in [0, 0.05) is 12.6 Å². The topological polar surface area (TPSA) is 30.9 Å². The number of hydrogen-bond acceptors (Lipinski definition) is 4. The van der Waals surface area contributed by atoms with Gasteiger partial charge in [0.25, 0.3) is 0 Å². The van der Waals surface area contributed by atoms with Crippen molar-refractivity contribution in [2.45, 2.75) is 19.3 Å². The molecule has 4 aromatic carbocycles. The van der Waals surface area contributed by atoms with Crippen LogP contribution in [-0.2, 0) is 13.2 Å². The third-order valence-electron chi connectivity index (χ3n) is 6.10. The molecular weight excluding hydrogens is 434 g/mol. The van der Waals surface area contributed by atoms with E-state index in [2.05, 4.69) is 53.9 Å². The summed E-state index contributed by atoms with van der Waals surface area (Å²) in [6.07, 6.45) is 1.93. The summed E-state index contributed by atoms with van der Waals surface area (Å²) in [6.45, 7) is 6.32. The lowest BCUT2D eigenvalue weighted by molar-refractivity contribution is 0.260. The lowest BCUT2D eigenvalue weighted by atomic mass is 10.0. The van der Waals surface area contributed by atoms with Crippen molar-refractivity contribution < 1.29 is 14.2 Å². The number of nitrogens with zero attached hydrogens (tertiary/aromatic N) is 1. The van der Waals surface area contributed by atoms with Crippen molar-refractivity contribution in [1.82, 2.24) is 0 Å². The van der Waals surface area contributed by atoms with E-state index < -0.39 is 0 Å². The van der Waals surface area contributed by atoms with Gasteiger partial charge in [-0.2, -0.15) is 0 Å². The Kier molecular flexibility index (Phi) is 7.00. The smallest absolute Gasteiger partial charge is 0.146 e. The minimum Gasteiger partial charge on any atom is -0.489 e. The average molecular weight is 464 g/mol.